The molecule has 1 amide bonds. The van der Waals surface area contributed by atoms with Crippen LogP contribution in [0, 0.1) is 5.92 Å². The van der Waals surface area contributed by atoms with E-state index in [-0.39, 0.29) is 5.91 Å². The number of rotatable bonds is 4. The highest BCUT2D eigenvalue weighted by atomic mass is 16.4. The SMILES string of the molecule is CC(=O)NCC1CCn2ncc(-c3nnc(-c4cccc5ncccc45)o3)c2C1. The van der Waals surface area contributed by atoms with Gasteiger partial charge in [-0.05, 0) is 37.0 Å². The molecular weight excluding hydrogens is 368 g/mol. The zero-order valence-electron chi connectivity index (χ0n) is 16.0. The van der Waals surface area contributed by atoms with Crippen LogP contribution in [0.1, 0.15) is 19.0 Å². The van der Waals surface area contributed by atoms with Crippen LogP contribution in [0.4, 0.5) is 0 Å². The van der Waals surface area contributed by atoms with Gasteiger partial charge in [-0.2, -0.15) is 5.10 Å². The van der Waals surface area contributed by atoms with Gasteiger partial charge in [0.15, 0.2) is 0 Å². The van der Waals surface area contributed by atoms with Gasteiger partial charge >= 0.3 is 0 Å². The first kappa shape index (κ1) is 17.5. The number of benzene rings is 1. The summed E-state index contributed by atoms with van der Waals surface area (Å²) in [5, 5.41) is 16.9. The second-order valence-electron chi connectivity index (χ2n) is 7.31. The summed E-state index contributed by atoms with van der Waals surface area (Å²) in [6, 6.07) is 9.74. The molecule has 0 saturated carbocycles. The second-order valence-corrected chi connectivity index (χ2v) is 7.31. The van der Waals surface area contributed by atoms with Crippen molar-refractivity contribution in [3.63, 3.8) is 0 Å². The predicted octanol–water partition coefficient (Wildman–Crippen LogP) is 2.85. The van der Waals surface area contributed by atoms with Crippen LogP contribution < -0.4 is 5.32 Å². The van der Waals surface area contributed by atoms with Crippen molar-refractivity contribution >= 4 is 16.8 Å². The topological polar surface area (TPSA) is 98.7 Å². The van der Waals surface area contributed by atoms with Crippen LogP contribution in [-0.4, -0.2) is 37.4 Å². The van der Waals surface area contributed by atoms with E-state index < -0.39 is 0 Å². The molecule has 3 aromatic heterocycles. The van der Waals surface area contributed by atoms with Crippen molar-refractivity contribution in [2.75, 3.05) is 6.54 Å². The molecule has 0 aliphatic carbocycles. The number of nitrogens with zero attached hydrogens (tertiary/aromatic N) is 5. The Hall–Kier alpha value is -3.55. The molecule has 1 unspecified atom stereocenters. The van der Waals surface area contributed by atoms with Crippen molar-refractivity contribution in [1.29, 1.82) is 0 Å². The molecular formula is C21H20N6O2. The first-order valence-electron chi connectivity index (χ1n) is 9.66. The minimum Gasteiger partial charge on any atom is -0.416 e. The molecule has 8 nitrogen and oxygen atoms in total. The van der Waals surface area contributed by atoms with E-state index >= 15 is 0 Å². The van der Waals surface area contributed by atoms with Crippen molar-refractivity contribution < 1.29 is 9.21 Å². The third kappa shape index (κ3) is 3.26. The third-order valence-electron chi connectivity index (χ3n) is 5.35. The first-order valence-corrected chi connectivity index (χ1v) is 9.66. The molecule has 8 heteroatoms. The maximum Gasteiger partial charge on any atom is 0.251 e. The van der Waals surface area contributed by atoms with Crippen LogP contribution in [-0.2, 0) is 17.8 Å². The van der Waals surface area contributed by atoms with Gasteiger partial charge in [0, 0.05) is 37.2 Å². The average Bonchev–Trinajstić information content (AvgIpc) is 3.38. The lowest BCUT2D eigenvalue weighted by Gasteiger charge is -2.23. The Kier molecular flexibility index (Phi) is 4.31. The molecule has 0 fully saturated rings. The van der Waals surface area contributed by atoms with E-state index in [0.29, 0.717) is 24.2 Å². The van der Waals surface area contributed by atoms with E-state index in [0.717, 1.165) is 47.1 Å². The quantitative estimate of drug-likeness (QED) is 0.577. The molecule has 0 spiro atoms. The summed E-state index contributed by atoms with van der Waals surface area (Å²) < 4.78 is 8.04. The van der Waals surface area contributed by atoms with E-state index in [1.807, 2.05) is 35.0 Å². The molecule has 29 heavy (non-hydrogen) atoms. The Bertz CT molecular complexity index is 1190. The summed E-state index contributed by atoms with van der Waals surface area (Å²) in [5.74, 6) is 1.29. The number of hydrogen-bond donors (Lipinski definition) is 1. The van der Waals surface area contributed by atoms with Gasteiger partial charge in [-0.1, -0.05) is 12.1 Å². The number of hydrogen-bond acceptors (Lipinski definition) is 6. The molecule has 5 rings (SSSR count). The standard InChI is InChI=1S/C21H20N6O2/c1-13(28)23-11-14-7-9-27-19(10-14)17(12-24-27)21-26-25-20(29-21)16-4-2-6-18-15(16)5-3-8-22-18/h2-6,8,12,14H,7,9-11H2,1H3,(H,23,28). The number of fused-ring (bicyclic) bond motifs is 2. The highest BCUT2D eigenvalue weighted by molar-refractivity contribution is 5.92. The Morgan fingerprint density at radius 2 is 2.07 bits per heavy atom. The number of carbonyl (C=O) groups is 1. The summed E-state index contributed by atoms with van der Waals surface area (Å²) in [6.07, 6.45) is 5.35. The van der Waals surface area contributed by atoms with Crippen molar-refractivity contribution in [2.45, 2.75) is 26.3 Å². The van der Waals surface area contributed by atoms with Crippen LogP contribution in [0.15, 0.2) is 47.1 Å². The van der Waals surface area contributed by atoms with Gasteiger partial charge in [0.1, 0.15) is 0 Å². The number of pyridine rings is 1. The second kappa shape index (κ2) is 7.12. The lowest BCUT2D eigenvalue weighted by Crippen LogP contribution is -2.32. The Morgan fingerprint density at radius 3 is 2.93 bits per heavy atom. The highest BCUT2D eigenvalue weighted by Gasteiger charge is 2.25. The van der Waals surface area contributed by atoms with E-state index in [1.165, 1.54) is 0 Å². The van der Waals surface area contributed by atoms with Crippen LogP contribution in [0.3, 0.4) is 0 Å². The first-order chi connectivity index (χ1) is 14.2. The molecule has 0 bridgehead atoms. The zero-order valence-corrected chi connectivity index (χ0v) is 16.0. The van der Waals surface area contributed by atoms with E-state index in [9.17, 15) is 4.79 Å². The molecule has 0 radical (unpaired) electrons. The van der Waals surface area contributed by atoms with E-state index in [2.05, 4.69) is 25.6 Å². The van der Waals surface area contributed by atoms with Crippen LogP contribution in [0.2, 0.25) is 0 Å². The third-order valence-corrected chi connectivity index (χ3v) is 5.35. The van der Waals surface area contributed by atoms with Crippen molar-refractivity contribution in [3.05, 3.63) is 48.4 Å². The Labute approximate surface area is 167 Å². The summed E-state index contributed by atoms with van der Waals surface area (Å²) >= 11 is 0. The number of nitrogens with one attached hydrogen (secondary N) is 1. The largest absolute Gasteiger partial charge is 0.416 e. The normalized spacial score (nSPS) is 16.0. The Morgan fingerprint density at radius 1 is 1.21 bits per heavy atom. The maximum atomic E-state index is 11.2. The maximum absolute atomic E-state index is 11.2. The minimum absolute atomic E-state index is 0.00424. The van der Waals surface area contributed by atoms with Gasteiger partial charge in [0.05, 0.1) is 23.0 Å². The smallest absolute Gasteiger partial charge is 0.251 e. The van der Waals surface area contributed by atoms with Gasteiger partial charge in [-0.25, -0.2) is 0 Å². The van der Waals surface area contributed by atoms with Crippen molar-refractivity contribution in [3.8, 4) is 22.9 Å². The van der Waals surface area contributed by atoms with Crippen LogP contribution in [0.25, 0.3) is 33.8 Å². The number of aromatic nitrogens is 5. The van der Waals surface area contributed by atoms with Gasteiger partial charge in [-0.15, -0.1) is 10.2 Å². The van der Waals surface area contributed by atoms with Crippen molar-refractivity contribution in [1.82, 2.24) is 30.3 Å². The number of carbonyl (C=O) groups excluding carboxylic acids is 1. The molecule has 1 N–H and O–H groups in total. The molecule has 1 aromatic carbocycles. The molecule has 1 aliphatic rings. The fourth-order valence-electron chi connectivity index (χ4n) is 3.87. The Balaban J connectivity index is 1.46. The van der Waals surface area contributed by atoms with Gasteiger partial charge in [0.25, 0.3) is 5.89 Å². The fraction of sp³-hybridized carbons (Fsp3) is 0.286. The van der Waals surface area contributed by atoms with Crippen LogP contribution >= 0.6 is 0 Å². The van der Waals surface area contributed by atoms with Crippen molar-refractivity contribution in [2.24, 2.45) is 5.92 Å². The summed E-state index contributed by atoms with van der Waals surface area (Å²) in [7, 11) is 0. The molecule has 0 saturated heterocycles. The lowest BCUT2D eigenvalue weighted by molar-refractivity contribution is -0.119. The molecule has 1 atom stereocenters. The lowest BCUT2D eigenvalue weighted by atomic mass is 9.94. The summed E-state index contributed by atoms with van der Waals surface area (Å²) in [5.41, 5.74) is 3.67. The van der Waals surface area contributed by atoms with E-state index in [4.69, 9.17) is 4.42 Å². The summed E-state index contributed by atoms with van der Waals surface area (Å²) in [4.78, 5) is 15.6. The molecule has 146 valence electrons. The molecule has 4 heterocycles. The molecule has 4 aromatic rings. The average molecular weight is 388 g/mol. The number of aryl methyl sites for hydroxylation is 1. The van der Waals surface area contributed by atoms with Gasteiger partial charge in [0.2, 0.25) is 11.8 Å². The summed E-state index contributed by atoms with van der Waals surface area (Å²) in [6.45, 7) is 3.02. The fourth-order valence-corrected chi connectivity index (χ4v) is 3.87. The van der Waals surface area contributed by atoms with E-state index in [1.54, 1.807) is 19.3 Å². The minimum atomic E-state index is -0.00424. The molecule has 1 aliphatic heterocycles. The van der Waals surface area contributed by atoms with Gasteiger partial charge < -0.3 is 9.73 Å². The van der Waals surface area contributed by atoms with Gasteiger partial charge in [-0.3, -0.25) is 14.5 Å². The zero-order chi connectivity index (χ0) is 19.8. The highest BCUT2D eigenvalue weighted by Crippen LogP contribution is 2.32. The monoisotopic (exact) mass is 388 g/mol. The predicted molar refractivity (Wildman–Crippen MR) is 107 cm³/mol. The van der Waals surface area contributed by atoms with Crippen LogP contribution in [0.5, 0.6) is 0 Å². The number of amides is 1.